The summed E-state index contributed by atoms with van der Waals surface area (Å²) in [5, 5.41) is 29.6. The number of rotatable bonds is 5. The second-order valence-electron chi connectivity index (χ2n) is 6.26. The Morgan fingerprint density at radius 1 is 1.40 bits per heavy atom. The van der Waals surface area contributed by atoms with Crippen LogP contribution in [-0.2, 0) is 11.2 Å². The monoisotopic (exact) mass is 367 g/mol. The summed E-state index contributed by atoms with van der Waals surface area (Å²) in [7, 11) is 0. The second-order valence-corrected chi connectivity index (χ2v) is 7.38. The Kier molecular flexibility index (Phi) is 5.13. The lowest BCUT2D eigenvalue weighted by Crippen LogP contribution is -2.36. The Hall–Kier alpha value is -1.88. The fourth-order valence-corrected chi connectivity index (χ4v) is 4.32. The van der Waals surface area contributed by atoms with E-state index in [4.69, 9.17) is 11.5 Å². The van der Waals surface area contributed by atoms with Crippen LogP contribution >= 0.6 is 11.3 Å². The largest absolute Gasteiger partial charge is 0.396 e. The molecule has 1 amide bonds. The molecule has 1 aliphatic heterocycles. The van der Waals surface area contributed by atoms with Gasteiger partial charge < -0.3 is 26.8 Å². The number of amides is 1. The third-order valence-electron chi connectivity index (χ3n) is 4.57. The van der Waals surface area contributed by atoms with Gasteiger partial charge in [0.25, 0.3) is 0 Å². The van der Waals surface area contributed by atoms with Crippen molar-refractivity contribution >= 4 is 29.3 Å². The molecule has 1 saturated carbocycles. The molecule has 2 aliphatic rings. The number of thiazole rings is 1. The number of aromatic nitrogens is 1. The number of hydrogen-bond donors (Lipinski definition) is 5. The first-order valence-corrected chi connectivity index (χ1v) is 8.83. The SMILES string of the molecule is NC(=O)C(C(N)=NC1CC(CO)C(O)C1O)c1nc2c(s1)CCN=C2. The van der Waals surface area contributed by atoms with Crippen molar-refractivity contribution in [1.82, 2.24) is 4.98 Å². The van der Waals surface area contributed by atoms with E-state index < -0.39 is 36.0 Å². The van der Waals surface area contributed by atoms with E-state index in [2.05, 4.69) is 15.0 Å². The van der Waals surface area contributed by atoms with Gasteiger partial charge in [-0.05, 0) is 6.42 Å². The molecule has 5 atom stereocenters. The summed E-state index contributed by atoms with van der Waals surface area (Å²) in [5.74, 6) is -2.21. The van der Waals surface area contributed by atoms with E-state index in [-0.39, 0.29) is 18.9 Å². The lowest BCUT2D eigenvalue weighted by Gasteiger charge is -2.16. The summed E-state index contributed by atoms with van der Waals surface area (Å²) in [5.41, 5.74) is 12.2. The van der Waals surface area contributed by atoms with Crippen LogP contribution in [0.4, 0.5) is 0 Å². The quantitative estimate of drug-likeness (QED) is 0.302. The molecule has 7 N–H and O–H groups in total. The topological polar surface area (TPSA) is 167 Å². The maximum Gasteiger partial charge on any atom is 0.235 e. The highest BCUT2D eigenvalue weighted by Crippen LogP contribution is 2.31. The minimum Gasteiger partial charge on any atom is -0.396 e. The molecular weight excluding hydrogens is 346 g/mol. The fourth-order valence-electron chi connectivity index (χ4n) is 3.17. The molecule has 25 heavy (non-hydrogen) atoms. The minimum absolute atomic E-state index is 0.0506. The number of primary amides is 1. The zero-order valence-corrected chi connectivity index (χ0v) is 14.3. The van der Waals surface area contributed by atoms with Gasteiger partial charge in [0.2, 0.25) is 5.91 Å². The maximum absolute atomic E-state index is 11.9. The van der Waals surface area contributed by atoms with Gasteiger partial charge in [0.05, 0.1) is 17.8 Å². The number of aliphatic hydroxyl groups is 3. The van der Waals surface area contributed by atoms with Gasteiger partial charge in [0.15, 0.2) is 0 Å². The first kappa shape index (κ1) is 17.9. The molecule has 0 aromatic carbocycles. The number of carbonyl (C=O) groups is 1. The summed E-state index contributed by atoms with van der Waals surface area (Å²) in [6.45, 7) is 0.413. The lowest BCUT2D eigenvalue weighted by molar-refractivity contribution is -0.118. The molecule has 5 unspecified atom stereocenters. The van der Waals surface area contributed by atoms with E-state index in [1.165, 1.54) is 11.3 Å². The van der Waals surface area contributed by atoms with Crippen molar-refractivity contribution in [3.05, 3.63) is 15.6 Å². The molecule has 1 aromatic heterocycles. The molecule has 0 saturated heterocycles. The molecule has 0 radical (unpaired) electrons. The molecule has 1 aliphatic carbocycles. The smallest absolute Gasteiger partial charge is 0.235 e. The van der Waals surface area contributed by atoms with Crippen molar-refractivity contribution in [2.24, 2.45) is 27.4 Å². The van der Waals surface area contributed by atoms with Crippen molar-refractivity contribution in [3.63, 3.8) is 0 Å². The van der Waals surface area contributed by atoms with Crippen LogP contribution in [0.25, 0.3) is 0 Å². The third-order valence-corrected chi connectivity index (χ3v) is 5.77. The number of nitrogens with zero attached hydrogens (tertiary/aromatic N) is 3. The Morgan fingerprint density at radius 3 is 2.76 bits per heavy atom. The predicted octanol–water partition coefficient (Wildman–Crippen LogP) is -1.85. The summed E-state index contributed by atoms with van der Waals surface area (Å²) >= 11 is 1.35. The van der Waals surface area contributed by atoms with Gasteiger partial charge in [-0.25, -0.2) is 4.98 Å². The number of carbonyl (C=O) groups excluding carboxylic acids is 1. The number of hydrogen-bond acceptors (Lipinski definition) is 8. The average Bonchev–Trinajstić information content (AvgIpc) is 3.10. The number of fused-ring (bicyclic) bond motifs is 1. The molecule has 136 valence electrons. The number of nitrogens with two attached hydrogens (primary N) is 2. The van der Waals surface area contributed by atoms with Gasteiger partial charge in [0, 0.05) is 36.6 Å². The van der Waals surface area contributed by atoms with Crippen LogP contribution in [0.1, 0.15) is 27.9 Å². The van der Waals surface area contributed by atoms with Gasteiger partial charge in [-0.15, -0.1) is 11.3 Å². The first-order valence-electron chi connectivity index (χ1n) is 8.01. The van der Waals surface area contributed by atoms with E-state index in [9.17, 15) is 20.1 Å². The normalized spacial score (nSPS) is 30.3. The van der Waals surface area contributed by atoms with E-state index in [1.54, 1.807) is 6.21 Å². The summed E-state index contributed by atoms with van der Waals surface area (Å²) in [6, 6.07) is -0.704. The molecule has 9 nitrogen and oxygen atoms in total. The zero-order valence-electron chi connectivity index (χ0n) is 13.4. The van der Waals surface area contributed by atoms with Crippen LogP contribution < -0.4 is 11.5 Å². The van der Waals surface area contributed by atoms with E-state index in [0.717, 1.165) is 11.3 Å². The van der Waals surface area contributed by atoms with Crippen LogP contribution in [0, 0.1) is 5.92 Å². The Morgan fingerprint density at radius 2 is 2.16 bits per heavy atom. The van der Waals surface area contributed by atoms with Crippen LogP contribution in [-0.4, -0.2) is 69.7 Å². The molecule has 0 spiro atoms. The Balaban J connectivity index is 1.87. The van der Waals surface area contributed by atoms with Gasteiger partial charge in [-0.2, -0.15) is 0 Å². The fraction of sp³-hybridized carbons (Fsp3) is 0.600. The van der Waals surface area contributed by atoms with Crippen molar-refractivity contribution < 1.29 is 20.1 Å². The molecule has 3 rings (SSSR count). The molecule has 1 fully saturated rings. The molecular formula is C15H21N5O4S. The Labute approximate surface area is 148 Å². The predicted molar refractivity (Wildman–Crippen MR) is 92.8 cm³/mol. The zero-order chi connectivity index (χ0) is 18.1. The van der Waals surface area contributed by atoms with E-state index in [0.29, 0.717) is 17.2 Å². The minimum atomic E-state index is -1.15. The van der Waals surface area contributed by atoms with Crippen LogP contribution in [0.3, 0.4) is 0 Å². The highest BCUT2D eigenvalue weighted by atomic mass is 32.1. The lowest BCUT2D eigenvalue weighted by atomic mass is 10.1. The van der Waals surface area contributed by atoms with Gasteiger partial charge >= 0.3 is 0 Å². The van der Waals surface area contributed by atoms with Crippen LogP contribution in [0.5, 0.6) is 0 Å². The van der Waals surface area contributed by atoms with Crippen molar-refractivity contribution in [2.75, 3.05) is 13.2 Å². The van der Waals surface area contributed by atoms with Crippen LogP contribution in [0.15, 0.2) is 9.98 Å². The Bertz CT molecular complexity index is 719. The third kappa shape index (κ3) is 3.43. The average molecular weight is 367 g/mol. The van der Waals surface area contributed by atoms with E-state index in [1.807, 2.05) is 0 Å². The van der Waals surface area contributed by atoms with Crippen LogP contribution in [0.2, 0.25) is 0 Å². The van der Waals surface area contributed by atoms with Gasteiger partial charge in [-0.3, -0.25) is 14.8 Å². The van der Waals surface area contributed by atoms with Gasteiger partial charge in [-0.1, -0.05) is 0 Å². The standard InChI is InChI=1S/C15H21N5O4S/c16-13(19-7-3-6(5-21)11(22)12(7)23)10(14(17)24)15-20-8-4-18-2-1-9(8)25-15/h4,6-7,10-12,21-23H,1-3,5H2,(H2,16,19)(H2,17,24). The number of aliphatic imine (C=N–C) groups is 2. The first-order chi connectivity index (χ1) is 11.9. The molecule has 2 heterocycles. The second kappa shape index (κ2) is 7.16. The highest BCUT2D eigenvalue weighted by molar-refractivity contribution is 7.12. The van der Waals surface area contributed by atoms with Crippen molar-refractivity contribution in [2.45, 2.75) is 37.0 Å². The molecule has 10 heteroatoms. The van der Waals surface area contributed by atoms with Crippen molar-refractivity contribution in [3.8, 4) is 0 Å². The summed E-state index contributed by atoms with van der Waals surface area (Å²) < 4.78 is 0. The van der Waals surface area contributed by atoms with Crippen molar-refractivity contribution in [1.29, 1.82) is 0 Å². The highest BCUT2D eigenvalue weighted by Gasteiger charge is 2.41. The number of aliphatic hydroxyl groups excluding tert-OH is 3. The molecule has 0 bridgehead atoms. The molecule has 1 aromatic rings. The van der Waals surface area contributed by atoms with Gasteiger partial charge in [0.1, 0.15) is 22.9 Å². The summed E-state index contributed by atoms with van der Waals surface area (Å²) in [6.07, 6.45) is 0.444. The maximum atomic E-state index is 11.9. The summed E-state index contributed by atoms with van der Waals surface area (Å²) in [4.78, 5) is 25.7. The van der Waals surface area contributed by atoms with E-state index >= 15 is 0 Å². The number of amidine groups is 1.